The fourth-order valence-corrected chi connectivity index (χ4v) is 3.61. The largest absolute Gasteiger partial charge is 0.508 e. The molecular weight excluding hydrogens is 296 g/mol. The lowest BCUT2D eigenvalue weighted by molar-refractivity contribution is 0.467. The summed E-state index contributed by atoms with van der Waals surface area (Å²) in [5, 5.41) is 9.52. The van der Waals surface area contributed by atoms with Crippen LogP contribution in [-0.2, 0) is 16.6 Å². The number of phenolic OH excluding ortho intramolecular Hbond substituents is 1. The SMILES string of the molecule is O=S(=O)(NCc1ccccc1O)c1cnc(Cl)s1. The highest BCUT2D eigenvalue weighted by atomic mass is 35.5. The van der Waals surface area contributed by atoms with E-state index in [4.69, 9.17) is 11.6 Å². The summed E-state index contributed by atoms with van der Waals surface area (Å²) >= 11 is 6.46. The van der Waals surface area contributed by atoms with Crippen LogP contribution < -0.4 is 4.72 Å². The van der Waals surface area contributed by atoms with Crippen LogP contribution >= 0.6 is 22.9 Å². The van der Waals surface area contributed by atoms with Crippen molar-refractivity contribution in [1.82, 2.24) is 9.71 Å². The Hall–Kier alpha value is -1.15. The first-order chi connectivity index (χ1) is 8.49. The molecule has 1 heterocycles. The molecular formula is C10H9ClN2O3S2. The smallest absolute Gasteiger partial charge is 0.252 e. The van der Waals surface area contributed by atoms with Crippen LogP contribution in [0.3, 0.4) is 0 Å². The third-order valence-corrected chi connectivity index (χ3v) is 5.14. The number of benzene rings is 1. The molecule has 0 aliphatic rings. The lowest BCUT2D eigenvalue weighted by Crippen LogP contribution is -2.22. The number of nitrogens with zero attached hydrogens (tertiary/aromatic N) is 1. The lowest BCUT2D eigenvalue weighted by atomic mass is 10.2. The Morgan fingerprint density at radius 3 is 2.72 bits per heavy atom. The highest BCUT2D eigenvalue weighted by Gasteiger charge is 2.17. The Bertz CT molecular complexity index is 655. The molecule has 0 spiro atoms. The van der Waals surface area contributed by atoms with Crippen LogP contribution in [0.4, 0.5) is 0 Å². The molecule has 0 aliphatic carbocycles. The van der Waals surface area contributed by atoms with E-state index in [0.29, 0.717) is 5.56 Å². The van der Waals surface area contributed by atoms with Gasteiger partial charge in [-0.25, -0.2) is 18.1 Å². The molecule has 0 aliphatic heterocycles. The molecule has 0 amide bonds. The first kappa shape index (κ1) is 13.3. The number of hydrogen-bond acceptors (Lipinski definition) is 5. The standard InChI is InChI=1S/C10H9ClN2O3S2/c11-10-12-6-9(17-10)18(15,16)13-5-7-3-1-2-4-8(7)14/h1-4,6,13-14H,5H2. The van der Waals surface area contributed by atoms with Crippen molar-refractivity contribution >= 4 is 33.0 Å². The number of aromatic hydroxyl groups is 1. The summed E-state index contributed by atoms with van der Waals surface area (Å²) < 4.78 is 26.3. The molecule has 2 aromatic rings. The van der Waals surface area contributed by atoms with Crippen molar-refractivity contribution in [2.24, 2.45) is 0 Å². The first-order valence-corrected chi connectivity index (χ1v) is 7.54. The Labute approximate surface area is 113 Å². The lowest BCUT2D eigenvalue weighted by Gasteiger charge is -2.05. The topological polar surface area (TPSA) is 79.3 Å². The average molecular weight is 305 g/mol. The fourth-order valence-electron chi connectivity index (χ4n) is 1.27. The minimum atomic E-state index is -3.64. The third-order valence-electron chi connectivity index (χ3n) is 2.17. The molecule has 96 valence electrons. The van der Waals surface area contributed by atoms with Gasteiger partial charge in [0.25, 0.3) is 10.0 Å². The molecule has 8 heteroatoms. The van der Waals surface area contributed by atoms with E-state index in [1.54, 1.807) is 18.2 Å². The van der Waals surface area contributed by atoms with Crippen LogP contribution in [0, 0.1) is 0 Å². The number of sulfonamides is 1. The predicted molar refractivity (Wildman–Crippen MR) is 69.3 cm³/mol. The normalized spacial score (nSPS) is 11.6. The van der Waals surface area contributed by atoms with E-state index in [0.717, 1.165) is 11.3 Å². The highest BCUT2D eigenvalue weighted by molar-refractivity contribution is 7.91. The van der Waals surface area contributed by atoms with Crippen LogP contribution in [0.15, 0.2) is 34.7 Å². The zero-order valence-corrected chi connectivity index (χ0v) is 11.4. The second kappa shape index (κ2) is 5.23. The van der Waals surface area contributed by atoms with Gasteiger partial charge >= 0.3 is 0 Å². The van der Waals surface area contributed by atoms with Crippen molar-refractivity contribution in [3.8, 4) is 5.75 Å². The summed E-state index contributed by atoms with van der Waals surface area (Å²) in [6, 6.07) is 6.51. The van der Waals surface area contributed by atoms with Gasteiger partial charge in [0, 0.05) is 12.1 Å². The van der Waals surface area contributed by atoms with E-state index in [2.05, 4.69) is 9.71 Å². The van der Waals surface area contributed by atoms with E-state index >= 15 is 0 Å². The average Bonchev–Trinajstić information content (AvgIpc) is 2.76. The van der Waals surface area contributed by atoms with E-state index < -0.39 is 10.0 Å². The zero-order valence-electron chi connectivity index (χ0n) is 9.00. The Morgan fingerprint density at radius 1 is 1.39 bits per heavy atom. The highest BCUT2D eigenvalue weighted by Crippen LogP contribution is 2.23. The molecule has 18 heavy (non-hydrogen) atoms. The number of para-hydroxylation sites is 1. The summed E-state index contributed by atoms with van der Waals surface area (Å²) in [5.41, 5.74) is 0.497. The minimum absolute atomic E-state index is 0.00449. The van der Waals surface area contributed by atoms with E-state index in [-0.39, 0.29) is 21.0 Å². The van der Waals surface area contributed by atoms with Gasteiger partial charge in [-0.2, -0.15) is 0 Å². The monoisotopic (exact) mass is 304 g/mol. The zero-order chi connectivity index (χ0) is 13.2. The number of rotatable bonds is 4. The quantitative estimate of drug-likeness (QED) is 0.905. The van der Waals surface area contributed by atoms with Gasteiger partial charge < -0.3 is 5.11 Å². The number of thiazole rings is 1. The molecule has 0 saturated heterocycles. The van der Waals surface area contributed by atoms with Crippen LogP contribution in [-0.4, -0.2) is 18.5 Å². The maximum Gasteiger partial charge on any atom is 0.252 e. The number of phenols is 1. The first-order valence-electron chi connectivity index (χ1n) is 4.87. The summed E-state index contributed by atoms with van der Waals surface area (Å²) in [6.07, 6.45) is 1.19. The van der Waals surface area contributed by atoms with Crippen LogP contribution in [0.25, 0.3) is 0 Å². The molecule has 0 fully saturated rings. The van der Waals surface area contributed by atoms with Gasteiger partial charge in [0.05, 0.1) is 6.20 Å². The Morgan fingerprint density at radius 2 is 2.11 bits per heavy atom. The van der Waals surface area contributed by atoms with Crippen LogP contribution in [0.2, 0.25) is 4.47 Å². The number of aromatic nitrogens is 1. The van der Waals surface area contributed by atoms with Crippen molar-refractivity contribution in [2.45, 2.75) is 10.8 Å². The van der Waals surface area contributed by atoms with Gasteiger partial charge in [0.2, 0.25) is 0 Å². The third kappa shape index (κ3) is 2.99. The molecule has 0 bridgehead atoms. The number of nitrogens with one attached hydrogen (secondary N) is 1. The predicted octanol–water partition coefficient (Wildman–Crippen LogP) is 1.98. The number of hydrogen-bond donors (Lipinski definition) is 2. The Kier molecular flexibility index (Phi) is 3.86. The fraction of sp³-hybridized carbons (Fsp3) is 0.100. The summed E-state index contributed by atoms with van der Waals surface area (Å²) in [6.45, 7) is 0.00449. The van der Waals surface area contributed by atoms with E-state index in [1.165, 1.54) is 12.3 Å². The Balaban J connectivity index is 2.13. The van der Waals surface area contributed by atoms with Crippen LogP contribution in [0.1, 0.15) is 5.56 Å². The summed E-state index contributed by atoms with van der Waals surface area (Å²) in [4.78, 5) is 3.67. The second-order valence-electron chi connectivity index (χ2n) is 3.39. The number of halogens is 1. The van der Waals surface area contributed by atoms with Gasteiger partial charge in [-0.15, -0.1) is 0 Å². The molecule has 0 saturated carbocycles. The van der Waals surface area contributed by atoms with E-state index in [1.807, 2.05) is 0 Å². The van der Waals surface area contributed by atoms with Gasteiger partial charge in [-0.3, -0.25) is 0 Å². The molecule has 0 radical (unpaired) electrons. The van der Waals surface area contributed by atoms with E-state index in [9.17, 15) is 13.5 Å². The molecule has 1 aromatic carbocycles. The minimum Gasteiger partial charge on any atom is -0.508 e. The summed E-state index contributed by atoms with van der Waals surface area (Å²) in [7, 11) is -3.64. The van der Waals surface area contributed by atoms with Crippen molar-refractivity contribution < 1.29 is 13.5 Å². The molecule has 2 rings (SSSR count). The molecule has 2 N–H and O–H groups in total. The second-order valence-corrected chi connectivity index (χ2v) is 6.99. The van der Waals surface area contributed by atoms with Crippen molar-refractivity contribution in [1.29, 1.82) is 0 Å². The van der Waals surface area contributed by atoms with Gasteiger partial charge in [0.15, 0.2) is 8.68 Å². The van der Waals surface area contributed by atoms with Crippen molar-refractivity contribution in [3.05, 3.63) is 40.5 Å². The molecule has 5 nitrogen and oxygen atoms in total. The maximum atomic E-state index is 11.8. The molecule has 0 unspecified atom stereocenters. The van der Waals surface area contributed by atoms with Crippen molar-refractivity contribution in [3.63, 3.8) is 0 Å². The molecule has 1 aromatic heterocycles. The summed E-state index contributed by atoms with van der Waals surface area (Å²) in [5.74, 6) is 0.0440. The van der Waals surface area contributed by atoms with Gasteiger partial charge in [-0.05, 0) is 6.07 Å². The molecule has 0 atom stereocenters. The van der Waals surface area contributed by atoms with Gasteiger partial charge in [-0.1, -0.05) is 41.1 Å². The maximum absolute atomic E-state index is 11.8. The van der Waals surface area contributed by atoms with Gasteiger partial charge in [0.1, 0.15) is 5.75 Å². The van der Waals surface area contributed by atoms with Crippen LogP contribution in [0.5, 0.6) is 5.75 Å². The van der Waals surface area contributed by atoms with Crippen molar-refractivity contribution in [2.75, 3.05) is 0 Å².